The van der Waals surface area contributed by atoms with Crippen molar-refractivity contribution in [3.05, 3.63) is 17.6 Å². The van der Waals surface area contributed by atoms with Gasteiger partial charge in [-0.15, -0.1) is 0 Å². The Kier molecular flexibility index (Phi) is 3.65. The second kappa shape index (κ2) is 5.71. The number of carbonyl (C=O) groups is 1. The number of ether oxygens (including phenoxy) is 2. The van der Waals surface area contributed by atoms with Crippen molar-refractivity contribution in [3.8, 4) is 6.07 Å². The summed E-state index contributed by atoms with van der Waals surface area (Å²) in [5.74, 6) is 1.68. The van der Waals surface area contributed by atoms with Crippen LogP contribution in [0.15, 0.2) is 6.20 Å². The summed E-state index contributed by atoms with van der Waals surface area (Å²) in [5, 5.41) is 9.33. The Bertz CT molecular complexity index is 704. The molecule has 3 aliphatic rings. The Hall–Kier alpha value is -2.20. The van der Waals surface area contributed by atoms with Gasteiger partial charge in [0.1, 0.15) is 23.1 Å². The van der Waals surface area contributed by atoms with Gasteiger partial charge in [0.25, 0.3) is 0 Å². The first kappa shape index (κ1) is 15.3. The van der Waals surface area contributed by atoms with E-state index in [1.165, 1.54) is 7.11 Å². The van der Waals surface area contributed by atoms with E-state index in [4.69, 9.17) is 9.47 Å². The van der Waals surface area contributed by atoms with E-state index in [1.807, 2.05) is 0 Å². The Balaban J connectivity index is 1.50. The minimum Gasteiger partial charge on any atom is -0.467 e. The maximum absolute atomic E-state index is 11.7. The molecular weight excluding hydrogens is 308 g/mol. The van der Waals surface area contributed by atoms with Crippen molar-refractivity contribution in [2.24, 2.45) is 0 Å². The second-order valence-corrected chi connectivity index (χ2v) is 6.91. The molecule has 1 aliphatic carbocycles. The molecule has 3 fully saturated rings. The summed E-state index contributed by atoms with van der Waals surface area (Å²) in [4.78, 5) is 22.7. The number of anilines is 1. The number of methoxy groups -OCH3 is 1. The highest BCUT2D eigenvalue weighted by molar-refractivity contribution is 5.74. The summed E-state index contributed by atoms with van der Waals surface area (Å²) in [6, 6.07) is 2.18. The summed E-state index contributed by atoms with van der Waals surface area (Å²) < 4.78 is 10.8. The molecule has 7 heteroatoms. The molecule has 1 unspecified atom stereocenters. The van der Waals surface area contributed by atoms with Gasteiger partial charge in [-0.05, 0) is 32.1 Å². The van der Waals surface area contributed by atoms with Crippen molar-refractivity contribution in [1.82, 2.24) is 9.97 Å². The first-order valence-corrected chi connectivity index (χ1v) is 8.42. The predicted octanol–water partition coefficient (Wildman–Crippen LogP) is 1.53. The van der Waals surface area contributed by atoms with Crippen LogP contribution in [0.5, 0.6) is 0 Å². The molecule has 0 amide bonds. The largest absolute Gasteiger partial charge is 0.467 e. The molecule has 0 bridgehead atoms. The van der Waals surface area contributed by atoms with Crippen LogP contribution in [0, 0.1) is 11.3 Å². The van der Waals surface area contributed by atoms with Crippen molar-refractivity contribution >= 4 is 11.8 Å². The first-order chi connectivity index (χ1) is 11.6. The standard InChI is InChI=1S/C17H20N4O3/c1-23-16(22)13-3-2-6-17(24-13)9-21(10-17)15-12(7-18)8-19-14(20-15)11-4-5-11/h8,11,13H,2-6,9-10H2,1H3. The quantitative estimate of drug-likeness (QED) is 0.777. The number of hydrogen-bond acceptors (Lipinski definition) is 7. The molecule has 1 saturated carbocycles. The topological polar surface area (TPSA) is 88.3 Å². The number of aromatic nitrogens is 2. The first-order valence-electron chi connectivity index (χ1n) is 8.42. The van der Waals surface area contributed by atoms with Crippen LogP contribution >= 0.6 is 0 Å². The lowest BCUT2D eigenvalue weighted by Gasteiger charge is -2.53. The van der Waals surface area contributed by atoms with Gasteiger partial charge in [0.05, 0.1) is 26.4 Å². The fraction of sp³-hybridized carbons (Fsp3) is 0.647. The fourth-order valence-corrected chi connectivity index (χ4v) is 3.60. The van der Waals surface area contributed by atoms with Crippen LogP contribution in [0.3, 0.4) is 0 Å². The van der Waals surface area contributed by atoms with Gasteiger partial charge in [-0.1, -0.05) is 0 Å². The fourth-order valence-electron chi connectivity index (χ4n) is 3.60. The molecule has 4 rings (SSSR count). The predicted molar refractivity (Wildman–Crippen MR) is 84.4 cm³/mol. The zero-order valence-electron chi connectivity index (χ0n) is 13.7. The van der Waals surface area contributed by atoms with Gasteiger partial charge in [0.2, 0.25) is 0 Å². The Morgan fingerprint density at radius 2 is 2.25 bits per heavy atom. The maximum Gasteiger partial charge on any atom is 0.335 e. The average molecular weight is 328 g/mol. The number of hydrogen-bond donors (Lipinski definition) is 0. The van der Waals surface area contributed by atoms with Crippen LogP contribution in [-0.4, -0.2) is 47.8 Å². The summed E-state index contributed by atoms with van der Waals surface area (Å²) in [5.41, 5.74) is 0.170. The van der Waals surface area contributed by atoms with Crippen molar-refractivity contribution in [2.45, 2.75) is 49.7 Å². The Morgan fingerprint density at radius 1 is 1.46 bits per heavy atom. The average Bonchev–Trinajstić information content (AvgIpc) is 3.43. The third-order valence-electron chi connectivity index (χ3n) is 5.06. The van der Waals surface area contributed by atoms with Crippen LogP contribution in [0.1, 0.15) is 49.4 Å². The van der Waals surface area contributed by atoms with Gasteiger partial charge in [0.15, 0.2) is 11.9 Å². The number of esters is 1. The molecule has 1 spiro atoms. The normalized spacial score (nSPS) is 25.0. The smallest absolute Gasteiger partial charge is 0.335 e. The molecule has 7 nitrogen and oxygen atoms in total. The lowest BCUT2D eigenvalue weighted by molar-refractivity contribution is -0.182. The van der Waals surface area contributed by atoms with Crippen molar-refractivity contribution in [3.63, 3.8) is 0 Å². The van der Waals surface area contributed by atoms with Crippen LogP contribution in [0.4, 0.5) is 5.82 Å². The minimum absolute atomic E-state index is 0.303. The third-order valence-corrected chi connectivity index (χ3v) is 5.06. The second-order valence-electron chi connectivity index (χ2n) is 6.91. The van der Waals surface area contributed by atoms with Crippen LogP contribution in [0.2, 0.25) is 0 Å². The van der Waals surface area contributed by atoms with Gasteiger partial charge in [0, 0.05) is 5.92 Å². The molecule has 126 valence electrons. The molecular formula is C17H20N4O3. The SMILES string of the molecule is COC(=O)C1CCCC2(CN(c3nc(C4CC4)ncc3C#N)C2)O1. The molecule has 0 N–H and O–H groups in total. The number of carbonyl (C=O) groups excluding carboxylic acids is 1. The molecule has 0 radical (unpaired) electrons. The zero-order valence-corrected chi connectivity index (χ0v) is 13.7. The molecule has 1 atom stereocenters. The third kappa shape index (κ3) is 2.61. The van der Waals surface area contributed by atoms with E-state index in [1.54, 1.807) is 6.20 Å². The minimum atomic E-state index is -0.478. The van der Waals surface area contributed by atoms with Crippen molar-refractivity contribution in [2.75, 3.05) is 25.1 Å². The molecule has 0 aromatic carbocycles. The van der Waals surface area contributed by atoms with E-state index in [0.29, 0.717) is 36.8 Å². The van der Waals surface area contributed by atoms with E-state index in [9.17, 15) is 10.1 Å². The molecule has 24 heavy (non-hydrogen) atoms. The molecule has 3 heterocycles. The zero-order chi connectivity index (χ0) is 16.7. The van der Waals surface area contributed by atoms with Gasteiger partial charge in [-0.25, -0.2) is 14.8 Å². The van der Waals surface area contributed by atoms with E-state index in [0.717, 1.165) is 31.5 Å². The summed E-state index contributed by atoms with van der Waals surface area (Å²) in [6.07, 6.45) is 5.96. The lowest BCUT2D eigenvalue weighted by Crippen LogP contribution is -2.66. The molecule has 2 aliphatic heterocycles. The molecule has 2 saturated heterocycles. The summed E-state index contributed by atoms with van der Waals surface area (Å²) in [7, 11) is 1.39. The summed E-state index contributed by atoms with van der Waals surface area (Å²) in [6.45, 7) is 1.30. The van der Waals surface area contributed by atoms with Crippen LogP contribution < -0.4 is 4.90 Å². The van der Waals surface area contributed by atoms with Gasteiger partial charge in [-0.2, -0.15) is 5.26 Å². The number of nitriles is 1. The molecule has 1 aromatic rings. The van der Waals surface area contributed by atoms with E-state index in [2.05, 4.69) is 20.9 Å². The highest BCUT2D eigenvalue weighted by atomic mass is 16.6. The number of rotatable bonds is 3. The summed E-state index contributed by atoms with van der Waals surface area (Å²) >= 11 is 0. The van der Waals surface area contributed by atoms with E-state index >= 15 is 0 Å². The van der Waals surface area contributed by atoms with Gasteiger partial charge >= 0.3 is 5.97 Å². The Labute approximate surface area is 140 Å². The van der Waals surface area contributed by atoms with Crippen molar-refractivity contribution in [1.29, 1.82) is 5.26 Å². The molecule has 1 aromatic heterocycles. The highest BCUT2D eigenvalue weighted by Crippen LogP contribution is 2.42. The van der Waals surface area contributed by atoms with Gasteiger partial charge in [-0.3, -0.25) is 0 Å². The van der Waals surface area contributed by atoms with Crippen LogP contribution in [-0.2, 0) is 14.3 Å². The van der Waals surface area contributed by atoms with Crippen LogP contribution in [0.25, 0.3) is 0 Å². The number of nitrogens with zero attached hydrogens (tertiary/aromatic N) is 4. The maximum atomic E-state index is 11.7. The van der Waals surface area contributed by atoms with E-state index in [-0.39, 0.29) is 11.6 Å². The highest BCUT2D eigenvalue weighted by Gasteiger charge is 2.50. The van der Waals surface area contributed by atoms with Crippen molar-refractivity contribution < 1.29 is 14.3 Å². The van der Waals surface area contributed by atoms with E-state index < -0.39 is 6.10 Å². The monoisotopic (exact) mass is 328 g/mol. The van der Waals surface area contributed by atoms with Gasteiger partial charge < -0.3 is 14.4 Å². The lowest BCUT2D eigenvalue weighted by atomic mass is 9.84. The Morgan fingerprint density at radius 3 is 2.92 bits per heavy atom.